The van der Waals surface area contributed by atoms with E-state index in [1.807, 2.05) is 36.4 Å². The van der Waals surface area contributed by atoms with E-state index >= 15 is 0 Å². The fourth-order valence-corrected chi connectivity index (χ4v) is 2.67. The third-order valence-electron chi connectivity index (χ3n) is 3.21. The quantitative estimate of drug-likeness (QED) is 0.697. The summed E-state index contributed by atoms with van der Waals surface area (Å²) in [6.45, 7) is 0. The Balaban J connectivity index is 1.99. The summed E-state index contributed by atoms with van der Waals surface area (Å²) in [5.41, 5.74) is 0.991. The van der Waals surface area contributed by atoms with Crippen LogP contribution in [0.5, 0.6) is 0 Å². The molecule has 104 valence electrons. The fraction of sp³-hybridized carbons (Fsp3) is 0. The average molecular weight is 344 g/mol. The van der Waals surface area contributed by atoms with E-state index in [1.54, 1.807) is 6.07 Å². The van der Waals surface area contributed by atoms with Crippen molar-refractivity contribution < 1.29 is 9.18 Å². The van der Waals surface area contributed by atoms with Gasteiger partial charge in [0, 0.05) is 21.1 Å². The van der Waals surface area contributed by atoms with Crippen LogP contribution in [0, 0.1) is 5.82 Å². The van der Waals surface area contributed by atoms with E-state index in [2.05, 4.69) is 21.2 Å². The van der Waals surface area contributed by atoms with Crippen LogP contribution in [0.15, 0.2) is 65.1 Å². The molecule has 0 spiro atoms. The van der Waals surface area contributed by atoms with Gasteiger partial charge in [-0.15, -0.1) is 0 Å². The average Bonchev–Trinajstić information content (AvgIpc) is 2.50. The number of anilines is 1. The lowest BCUT2D eigenvalue weighted by Crippen LogP contribution is -2.12. The Bertz CT molecular complexity index is 832. The van der Waals surface area contributed by atoms with Gasteiger partial charge in [-0.1, -0.05) is 46.3 Å². The third-order valence-corrected chi connectivity index (χ3v) is 3.90. The third kappa shape index (κ3) is 2.81. The molecule has 0 aliphatic carbocycles. The van der Waals surface area contributed by atoms with Gasteiger partial charge >= 0.3 is 0 Å². The Morgan fingerprint density at radius 3 is 2.48 bits per heavy atom. The Labute approximate surface area is 129 Å². The molecule has 0 unspecified atom stereocenters. The lowest BCUT2D eigenvalue weighted by molar-refractivity contribution is 0.102. The van der Waals surface area contributed by atoms with Gasteiger partial charge in [-0.25, -0.2) is 4.39 Å². The fourth-order valence-electron chi connectivity index (χ4n) is 2.20. The summed E-state index contributed by atoms with van der Waals surface area (Å²) in [5, 5.41) is 4.77. The molecule has 0 fully saturated rings. The lowest BCUT2D eigenvalue weighted by Gasteiger charge is -2.10. The summed E-state index contributed by atoms with van der Waals surface area (Å²) in [7, 11) is 0. The largest absolute Gasteiger partial charge is 0.321 e. The minimum absolute atomic E-state index is 0.294. The maximum absolute atomic E-state index is 13.2. The number of nitrogens with one attached hydrogen (secondary N) is 1. The van der Waals surface area contributed by atoms with Gasteiger partial charge in [-0.3, -0.25) is 4.79 Å². The normalized spacial score (nSPS) is 10.6. The zero-order valence-electron chi connectivity index (χ0n) is 10.9. The van der Waals surface area contributed by atoms with Crippen LogP contribution in [0.3, 0.4) is 0 Å². The second kappa shape index (κ2) is 5.66. The van der Waals surface area contributed by atoms with Gasteiger partial charge in [-0.2, -0.15) is 0 Å². The van der Waals surface area contributed by atoms with Crippen molar-refractivity contribution in [1.29, 1.82) is 0 Å². The zero-order valence-corrected chi connectivity index (χ0v) is 12.5. The van der Waals surface area contributed by atoms with E-state index in [1.165, 1.54) is 18.2 Å². The van der Waals surface area contributed by atoms with Gasteiger partial charge in [0.1, 0.15) is 5.82 Å². The first-order chi connectivity index (χ1) is 10.1. The summed E-state index contributed by atoms with van der Waals surface area (Å²) >= 11 is 3.49. The molecule has 0 saturated carbocycles. The summed E-state index contributed by atoms with van der Waals surface area (Å²) in [5.74, 6) is -0.759. The van der Waals surface area contributed by atoms with E-state index in [9.17, 15) is 9.18 Å². The maximum Gasteiger partial charge on any atom is 0.255 e. The number of amides is 1. The Kier molecular flexibility index (Phi) is 3.71. The minimum atomic E-state index is -0.427. The molecule has 2 nitrogen and oxygen atoms in total. The van der Waals surface area contributed by atoms with Gasteiger partial charge in [0.15, 0.2) is 0 Å². The predicted molar refractivity (Wildman–Crippen MR) is 86.0 cm³/mol. The number of hydrogen-bond acceptors (Lipinski definition) is 1. The Hall–Kier alpha value is -2.20. The standard InChI is InChI=1S/C17H11BrFNO/c18-15-8-9-16(14-7-2-1-6-13(14)15)20-17(21)11-4-3-5-12(19)10-11/h1-10H,(H,20,21). The number of hydrogen-bond donors (Lipinski definition) is 1. The zero-order chi connectivity index (χ0) is 14.8. The van der Waals surface area contributed by atoms with Crippen LogP contribution in [-0.4, -0.2) is 5.91 Å². The van der Waals surface area contributed by atoms with Crippen molar-refractivity contribution in [3.8, 4) is 0 Å². The first-order valence-corrected chi connectivity index (χ1v) is 7.18. The van der Waals surface area contributed by atoms with Crippen molar-refractivity contribution in [1.82, 2.24) is 0 Å². The van der Waals surface area contributed by atoms with Crippen molar-refractivity contribution in [3.05, 3.63) is 76.5 Å². The van der Waals surface area contributed by atoms with Gasteiger partial charge in [0.25, 0.3) is 5.91 Å². The monoisotopic (exact) mass is 343 g/mol. The molecule has 0 heterocycles. The molecule has 1 amide bonds. The molecule has 0 radical (unpaired) electrons. The van der Waals surface area contributed by atoms with Crippen LogP contribution in [0.25, 0.3) is 10.8 Å². The SMILES string of the molecule is O=C(Nc1ccc(Br)c2ccccc12)c1cccc(F)c1. The highest BCUT2D eigenvalue weighted by molar-refractivity contribution is 9.10. The van der Waals surface area contributed by atoms with E-state index in [4.69, 9.17) is 0 Å². The smallest absolute Gasteiger partial charge is 0.255 e. The topological polar surface area (TPSA) is 29.1 Å². The van der Waals surface area contributed by atoms with Crippen LogP contribution < -0.4 is 5.32 Å². The first-order valence-electron chi connectivity index (χ1n) is 6.39. The molecule has 4 heteroatoms. The lowest BCUT2D eigenvalue weighted by atomic mass is 10.1. The molecule has 0 saturated heterocycles. The summed E-state index contributed by atoms with van der Waals surface area (Å²) in [6.07, 6.45) is 0. The van der Waals surface area contributed by atoms with E-state index in [0.717, 1.165) is 15.2 Å². The molecule has 3 rings (SSSR count). The molecule has 0 aromatic heterocycles. The van der Waals surface area contributed by atoms with Crippen molar-refractivity contribution >= 4 is 38.3 Å². The number of rotatable bonds is 2. The van der Waals surface area contributed by atoms with Crippen molar-refractivity contribution in [2.75, 3.05) is 5.32 Å². The number of fused-ring (bicyclic) bond motifs is 1. The molecule has 3 aromatic carbocycles. The molecule has 0 bridgehead atoms. The van der Waals surface area contributed by atoms with Crippen molar-refractivity contribution in [3.63, 3.8) is 0 Å². The van der Waals surface area contributed by atoms with Gasteiger partial charge in [0.05, 0.1) is 0 Å². The number of benzene rings is 3. The number of carbonyl (C=O) groups excluding carboxylic acids is 1. The highest BCUT2D eigenvalue weighted by atomic mass is 79.9. The molecular weight excluding hydrogens is 333 g/mol. The van der Waals surface area contributed by atoms with E-state index in [0.29, 0.717) is 11.3 Å². The second-order valence-electron chi connectivity index (χ2n) is 4.61. The molecule has 1 N–H and O–H groups in total. The highest BCUT2D eigenvalue weighted by Crippen LogP contribution is 2.30. The Morgan fingerprint density at radius 2 is 1.71 bits per heavy atom. The van der Waals surface area contributed by atoms with E-state index in [-0.39, 0.29) is 5.91 Å². The maximum atomic E-state index is 13.2. The van der Waals surface area contributed by atoms with Gasteiger partial charge < -0.3 is 5.32 Å². The van der Waals surface area contributed by atoms with Crippen molar-refractivity contribution in [2.24, 2.45) is 0 Å². The predicted octanol–water partition coefficient (Wildman–Crippen LogP) is 4.99. The highest BCUT2D eigenvalue weighted by Gasteiger charge is 2.10. The Morgan fingerprint density at radius 1 is 0.952 bits per heavy atom. The summed E-state index contributed by atoms with van der Waals surface area (Å²) in [6, 6.07) is 17.1. The van der Waals surface area contributed by atoms with Gasteiger partial charge in [0.2, 0.25) is 0 Å². The minimum Gasteiger partial charge on any atom is -0.321 e. The molecular formula is C17H11BrFNO. The van der Waals surface area contributed by atoms with Gasteiger partial charge in [-0.05, 0) is 35.7 Å². The summed E-state index contributed by atoms with van der Waals surface area (Å²) < 4.78 is 14.1. The van der Waals surface area contributed by atoms with Crippen LogP contribution in [-0.2, 0) is 0 Å². The molecule has 0 aliphatic heterocycles. The van der Waals surface area contributed by atoms with Crippen LogP contribution in [0.4, 0.5) is 10.1 Å². The van der Waals surface area contributed by atoms with E-state index < -0.39 is 5.82 Å². The molecule has 3 aromatic rings. The summed E-state index contributed by atoms with van der Waals surface area (Å²) in [4.78, 5) is 12.2. The van der Waals surface area contributed by atoms with Crippen LogP contribution >= 0.6 is 15.9 Å². The first kappa shape index (κ1) is 13.8. The molecule has 21 heavy (non-hydrogen) atoms. The molecule has 0 aliphatic rings. The second-order valence-corrected chi connectivity index (χ2v) is 5.46. The number of halogens is 2. The van der Waals surface area contributed by atoms with Crippen molar-refractivity contribution in [2.45, 2.75) is 0 Å². The van der Waals surface area contributed by atoms with Crippen LogP contribution in [0.1, 0.15) is 10.4 Å². The molecule has 0 atom stereocenters. The number of carbonyl (C=O) groups is 1. The van der Waals surface area contributed by atoms with Crippen LogP contribution in [0.2, 0.25) is 0 Å².